The van der Waals surface area contributed by atoms with Crippen molar-refractivity contribution in [1.82, 2.24) is 10.3 Å². The fourth-order valence-corrected chi connectivity index (χ4v) is 5.26. The number of hydrogen-bond acceptors (Lipinski definition) is 8. The number of pyridine rings is 1. The van der Waals surface area contributed by atoms with Crippen molar-refractivity contribution in [3.8, 4) is 22.8 Å². The molecule has 0 aliphatic heterocycles. The van der Waals surface area contributed by atoms with E-state index in [1.54, 1.807) is 19.1 Å². The molecule has 2 aromatic carbocycles. The molecule has 0 saturated carbocycles. The molecule has 0 bridgehead atoms. The van der Waals surface area contributed by atoms with Crippen LogP contribution >= 0.6 is 11.3 Å². The van der Waals surface area contributed by atoms with E-state index in [2.05, 4.69) is 10.3 Å². The van der Waals surface area contributed by atoms with E-state index in [0.717, 1.165) is 22.5 Å². The fourth-order valence-electron chi connectivity index (χ4n) is 4.17. The first-order valence-electron chi connectivity index (χ1n) is 10.8. The molecule has 5 aromatic rings. The number of aromatic nitrogens is 3. The van der Waals surface area contributed by atoms with E-state index >= 15 is 0 Å². The van der Waals surface area contributed by atoms with Crippen LogP contribution in [-0.2, 0) is 0 Å². The Morgan fingerprint density at radius 2 is 1.74 bits per heavy atom. The van der Waals surface area contributed by atoms with Crippen molar-refractivity contribution in [2.24, 2.45) is 0 Å². The Hall–Kier alpha value is -4.37. The number of thiophene rings is 1. The van der Waals surface area contributed by atoms with Gasteiger partial charge in [0, 0.05) is 28.6 Å². The summed E-state index contributed by atoms with van der Waals surface area (Å²) < 4.78 is 6.01. The van der Waals surface area contributed by atoms with Gasteiger partial charge in [-0.05, 0) is 31.0 Å². The molecule has 0 unspecified atom stereocenters. The topological polar surface area (TPSA) is 126 Å². The predicted octanol–water partition coefficient (Wildman–Crippen LogP) is 3.93. The van der Waals surface area contributed by atoms with Gasteiger partial charge in [-0.25, -0.2) is 4.98 Å². The summed E-state index contributed by atoms with van der Waals surface area (Å²) in [5.41, 5.74) is 10.3. The van der Waals surface area contributed by atoms with Gasteiger partial charge in [0.25, 0.3) is 5.78 Å². The van der Waals surface area contributed by atoms with Crippen molar-refractivity contribution in [2.45, 2.75) is 20.8 Å². The summed E-state index contributed by atoms with van der Waals surface area (Å²) >= 11 is 1.07. The van der Waals surface area contributed by atoms with E-state index in [9.17, 15) is 14.7 Å². The molecule has 3 heterocycles. The SMILES string of the molecule is CC(=O)c1c(C)nc2sc(C(=O)c3c([O-])on[n+]3-c3ccc(C)cc3)c(N)c2c1-c1ccccc1. The molecule has 35 heavy (non-hydrogen) atoms. The van der Waals surface area contributed by atoms with Crippen molar-refractivity contribution in [2.75, 3.05) is 5.73 Å². The maximum Gasteiger partial charge on any atom is 0.312 e. The minimum atomic E-state index is -0.871. The Bertz CT molecular complexity index is 1620. The molecule has 2 N–H and O–H groups in total. The summed E-state index contributed by atoms with van der Waals surface area (Å²) in [4.78, 5) is 31.5. The largest absolute Gasteiger partial charge is 0.539 e. The quantitative estimate of drug-likeness (QED) is 0.296. The van der Waals surface area contributed by atoms with Gasteiger partial charge in [0.2, 0.25) is 5.69 Å². The fraction of sp³-hybridized carbons (Fsp3) is 0.115. The smallest absolute Gasteiger partial charge is 0.312 e. The Kier molecular flexibility index (Phi) is 5.41. The van der Waals surface area contributed by atoms with Crippen molar-refractivity contribution in [3.63, 3.8) is 0 Å². The van der Waals surface area contributed by atoms with Gasteiger partial charge < -0.3 is 15.4 Å². The van der Waals surface area contributed by atoms with Crippen molar-refractivity contribution in [3.05, 3.63) is 82.0 Å². The van der Waals surface area contributed by atoms with Crippen LogP contribution in [0.2, 0.25) is 0 Å². The minimum absolute atomic E-state index is 0.131. The van der Waals surface area contributed by atoms with Gasteiger partial charge in [0.05, 0.1) is 16.7 Å². The van der Waals surface area contributed by atoms with Crippen molar-refractivity contribution >= 4 is 38.8 Å². The predicted molar refractivity (Wildman–Crippen MR) is 130 cm³/mol. The minimum Gasteiger partial charge on any atom is -0.539 e. The van der Waals surface area contributed by atoms with Gasteiger partial charge in [-0.2, -0.15) is 0 Å². The second kappa shape index (κ2) is 8.44. The van der Waals surface area contributed by atoms with E-state index in [0.29, 0.717) is 32.7 Å². The molecule has 0 saturated heterocycles. The highest BCUT2D eigenvalue weighted by Gasteiger charge is 2.33. The number of rotatable bonds is 5. The molecule has 0 atom stereocenters. The average Bonchev–Trinajstić information content (AvgIpc) is 3.38. The molecule has 174 valence electrons. The third kappa shape index (κ3) is 3.66. The summed E-state index contributed by atoms with van der Waals surface area (Å²) in [6.45, 7) is 5.15. The monoisotopic (exact) mass is 484 g/mol. The van der Waals surface area contributed by atoms with E-state index in [1.165, 1.54) is 11.6 Å². The lowest BCUT2D eigenvalue weighted by atomic mass is 9.93. The summed E-state index contributed by atoms with van der Waals surface area (Å²) in [6.07, 6.45) is 0. The van der Waals surface area contributed by atoms with E-state index in [-0.39, 0.29) is 22.0 Å². The first kappa shape index (κ1) is 22.4. The molecular weight excluding hydrogens is 464 g/mol. The number of nitrogen functional groups attached to an aromatic ring is 1. The van der Waals surface area contributed by atoms with Gasteiger partial charge in [-0.15, -0.1) is 11.3 Å². The lowest BCUT2D eigenvalue weighted by Crippen LogP contribution is -2.39. The standard InChI is InChI=1S/C26H20N4O4S/c1-13-9-11-17(12-10-13)30-22(26(33)34-29-30)23(32)24-21(27)20-19(16-7-5-4-6-8-16)18(15(3)31)14(2)28-25(20)35-24/h4-12H,1-3H3,(H2-,27,29,32,33). The van der Waals surface area contributed by atoms with Gasteiger partial charge in [-0.3, -0.25) is 9.59 Å². The Morgan fingerprint density at radius 3 is 2.40 bits per heavy atom. The number of anilines is 1. The summed E-state index contributed by atoms with van der Waals surface area (Å²) in [5, 5.41) is 16.8. The van der Waals surface area contributed by atoms with Crippen LogP contribution in [0.5, 0.6) is 5.95 Å². The molecule has 9 heteroatoms. The zero-order valence-corrected chi connectivity index (χ0v) is 20.0. The number of carbonyl (C=O) groups is 2. The zero-order chi connectivity index (χ0) is 24.9. The van der Waals surface area contributed by atoms with E-state index in [1.807, 2.05) is 49.4 Å². The second-order valence-electron chi connectivity index (χ2n) is 8.18. The maximum absolute atomic E-state index is 13.6. The van der Waals surface area contributed by atoms with Gasteiger partial charge in [0.15, 0.2) is 11.7 Å². The average molecular weight is 485 g/mol. The highest BCUT2D eigenvalue weighted by atomic mass is 32.1. The normalized spacial score (nSPS) is 11.2. The van der Waals surface area contributed by atoms with Crippen LogP contribution in [0.1, 0.15) is 43.9 Å². The van der Waals surface area contributed by atoms with Crippen LogP contribution in [-0.4, -0.2) is 21.8 Å². The molecular formula is C26H20N4O4S. The molecule has 5 rings (SSSR count). The molecule has 0 spiro atoms. The number of Topliss-reactive ketones (excluding diaryl/α,β-unsaturated/α-hetero) is 1. The lowest BCUT2D eigenvalue weighted by molar-refractivity contribution is -0.672. The maximum atomic E-state index is 13.6. The summed E-state index contributed by atoms with van der Waals surface area (Å²) in [5.74, 6) is -1.66. The Balaban J connectivity index is 1.75. The molecule has 0 fully saturated rings. The first-order chi connectivity index (χ1) is 16.8. The van der Waals surface area contributed by atoms with Crippen molar-refractivity contribution < 1.29 is 23.9 Å². The Morgan fingerprint density at radius 1 is 1.06 bits per heavy atom. The summed E-state index contributed by atoms with van der Waals surface area (Å²) in [7, 11) is 0. The highest BCUT2D eigenvalue weighted by molar-refractivity contribution is 7.21. The number of hydrogen-bond donors (Lipinski definition) is 1. The van der Waals surface area contributed by atoms with E-state index in [4.69, 9.17) is 10.3 Å². The van der Waals surface area contributed by atoms with Crippen molar-refractivity contribution in [1.29, 1.82) is 0 Å². The van der Waals surface area contributed by atoms with Crippen LogP contribution < -0.4 is 15.5 Å². The summed E-state index contributed by atoms with van der Waals surface area (Å²) in [6, 6.07) is 16.5. The lowest BCUT2D eigenvalue weighted by Gasteiger charge is -2.12. The van der Waals surface area contributed by atoms with Crippen LogP contribution in [0.25, 0.3) is 27.0 Å². The number of benzene rings is 2. The van der Waals surface area contributed by atoms with Crippen LogP contribution in [0.4, 0.5) is 5.69 Å². The van der Waals surface area contributed by atoms with E-state index < -0.39 is 11.7 Å². The van der Waals surface area contributed by atoms with Crippen LogP contribution in [0.15, 0.2) is 59.1 Å². The second-order valence-corrected chi connectivity index (χ2v) is 9.18. The number of ketones is 2. The van der Waals surface area contributed by atoms with Gasteiger partial charge in [0.1, 0.15) is 9.71 Å². The number of carbonyl (C=O) groups excluding carboxylic acids is 2. The number of nitrogens with zero attached hydrogens (tertiary/aromatic N) is 3. The number of nitrogens with two attached hydrogens (primary N) is 1. The molecule has 0 amide bonds. The third-order valence-corrected chi connectivity index (χ3v) is 6.88. The first-order valence-corrected chi connectivity index (χ1v) is 11.6. The van der Waals surface area contributed by atoms with Crippen LogP contribution in [0, 0.1) is 13.8 Å². The van der Waals surface area contributed by atoms with Gasteiger partial charge >= 0.3 is 5.69 Å². The number of fused-ring (bicyclic) bond motifs is 1. The molecule has 0 aliphatic rings. The molecule has 0 aliphatic carbocycles. The molecule has 8 nitrogen and oxygen atoms in total. The van der Waals surface area contributed by atoms with Gasteiger partial charge in [-0.1, -0.05) is 48.0 Å². The third-order valence-electron chi connectivity index (χ3n) is 5.78. The van der Waals surface area contributed by atoms with Crippen LogP contribution in [0.3, 0.4) is 0 Å². The highest BCUT2D eigenvalue weighted by Crippen LogP contribution is 2.43. The number of aryl methyl sites for hydroxylation is 2. The molecule has 3 aromatic heterocycles. The Labute approximate surface area is 204 Å². The molecule has 0 radical (unpaired) electrons. The zero-order valence-electron chi connectivity index (χ0n) is 19.2.